The van der Waals surface area contributed by atoms with Crippen LogP contribution in [0.15, 0.2) is 24.3 Å². The normalized spacial score (nSPS) is 52.2. The van der Waals surface area contributed by atoms with Gasteiger partial charge in [0.25, 0.3) is 0 Å². The molecule has 4 nitrogen and oxygen atoms in total. The van der Waals surface area contributed by atoms with E-state index in [2.05, 4.69) is 13.2 Å². The molecule has 4 aliphatic rings. The second-order valence-corrected chi connectivity index (χ2v) is 7.18. The quantitative estimate of drug-likeness (QED) is 0.547. The van der Waals surface area contributed by atoms with Gasteiger partial charge in [-0.15, -0.1) is 0 Å². The molecule has 0 unspecified atom stereocenters. The number of carbonyl (C=O) groups excluding carboxylic acids is 1. The number of fused-ring (bicyclic) bond motifs is 4. The van der Waals surface area contributed by atoms with Gasteiger partial charge < -0.3 is 14.6 Å². The highest BCUT2D eigenvalue weighted by molar-refractivity contribution is 5.84. The highest BCUT2D eigenvalue weighted by Gasteiger charge is 2.69. The summed E-state index contributed by atoms with van der Waals surface area (Å²) in [6, 6.07) is 0. The zero-order valence-corrected chi connectivity index (χ0v) is 12.4. The largest absolute Gasteiger partial charge is 0.459 e. The standard InChI is InChI=1S/C17H22O4/c1-8-4-5-11-9(2)6-12(18)14-15(13(8)11)20-16(19)17(14)7-10(3)21-17/h10-15,18H,1-2,4-7H2,3H3/t10-,11+,12+,13+,14-,15-,17+/m1/s1. The van der Waals surface area contributed by atoms with Gasteiger partial charge in [-0.2, -0.15) is 0 Å². The van der Waals surface area contributed by atoms with Gasteiger partial charge in [0.2, 0.25) is 0 Å². The van der Waals surface area contributed by atoms with E-state index in [1.54, 1.807) is 0 Å². The third kappa shape index (κ3) is 1.60. The van der Waals surface area contributed by atoms with E-state index in [9.17, 15) is 9.90 Å². The van der Waals surface area contributed by atoms with E-state index >= 15 is 0 Å². The molecule has 1 N–H and O–H groups in total. The Balaban J connectivity index is 1.77. The van der Waals surface area contributed by atoms with Crippen molar-refractivity contribution >= 4 is 5.97 Å². The third-order valence-electron chi connectivity index (χ3n) is 5.93. The van der Waals surface area contributed by atoms with Crippen LogP contribution in [0.1, 0.15) is 32.6 Å². The van der Waals surface area contributed by atoms with Crippen LogP contribution in [-0.4, -0.2) is 35.0 Å². The van der Waals surface area contributed by atoms with Gasteiger partial charge in [-0.05, 0) is 32.1 Å². The van der Waals surface area contributed by atoms with Gasteiger partial charge in [0.1, 0.15) is 6.10 Å². The van der Waals surface area contributed by atoms with Gasteiger partial charge in [-0.1, -0.05) is 24.3 Å². The van der Waals surface area contributed by atoms with Crippen molar-refractivity contribution in [2.75, 3.05) is 0 Å². The molecule has 2 saturated carbocycles. The lowest BCUT2D eigenvalue weighted by Crippen LogP contribution is -2.60. The lowest BCUT2D eigenvalue weighted by molar-refractivity contribution is -0.226. The highest BCUT2D eigenvalue weighted by atomic mass is 16.6. The topological polar surface area (TPSA) is 55.8 Å². The van der Waals surface area contributed by atoms with Crippen molar-refractivity contribution in [2.45, 2.75) is 56.5 Å². The van der Waals surface area contributed by atoms with Crippen molar-refractivity contribution in [3.63, 3.8) is 0 Å². The van der Waals surface area contributed by atoms with Crippen LogP contribution in [0.2, 0.25) is 0 Å². The minimum atomic E-state index is -0.929. The summed E-state index contributed by atoms with van der Waals surface area (Å²) in [6.45, 7) is 10.3. The summed E-state index contributed by atoms with van der Waals surface area (Å²) in [6.07, 6.45) is 2.25. The summed E-state index contributed by atoms with van der Waals surface area (Å²) in [7, 11) is 0. The summed E-state index contributed by atoms with van der Waals surface area (Å²) >= 11 is 0. The Morgan fingerprint density at radius 2 is 2.05 bits per heavy atom. The summed E-state index contributed by atoms with van der Waals surface area (Å²) in [4.78, 5) is 12.4. The van der Waals surface area contributed by atoms with Crippen LogP contribution in [0, 0.1) is 17.8 Å². The number of hydrogen-bond donors (Lipinski definition) is 1. The molecule has 114 valence electrons. The average Bonchev–Trinajstić information content (AvgIpc) is 2.85. The molecule has 0 amide bonds. The molecule has 0 aromatic heterocycles. The van der Waals surface area contributed by atoms with Gasteiger partial charge >= 0.3 is 5.97 Å². The summed E-state index contributed by atoms with van der Waals surface area (Å²) in [5.41, 5.74) is 1.27. The zero-order chi connectivity index (χ0) is 14.9. The Morgan fingerprint density at radius 3 is 2.71 bits per heavy atom. The first kappa shape index (κ1) is 13.5. The Morgan fingerprint density at radius 1 is 1.33 bits per heavy atom. The molecule has 0 aromatic rings. The van der Waals surface area contributed by atoms with Gasteiger partial charge in [0.05, 0.1) is 18.1 Å². The van der Waals surface area contributed by atoms with Crippen molar-refractivity contribution in [2.24, 2.45) is 17.8 Å². The van der Waals surface area contributed by atoms with E-state index in [1.807, 2.05) is 6.92 Å². The highest BCUT2D eigenvalue weighted by Crippen LogP contribution is 2.57. The Labute approximate surface area is 124 Å². The van der Waals surface area contributed by atoms with Crippen molar-refractivity contribution < 1.29 is 19.4 Å². The maximum absolute atomic E-state index is 12.4. The monoisotopic (exact) mass is 290 g/mol. The van der Waals surface area contributed by atoms with Crippen LogP contribution in [0.3, 0.4) is 0 Å². The second kappa shape index (κ2) is 4.20. The number of hydrogen-bond acceptors (Lipinski definition) is 4. The van der Waals surface area contributed by atoms with Crippen LogP contribution >= 0.6 is 0 Å². The minimum absolute atomic E-state index is 0.0533. The summed E-state index contributed by atoms with van der Waals surface area (Å²) in [5, 5.41) is 10.7. The summed E-state index contributed by atoms with van der Waals surface area (Å²) < 4.78 is 11.5. The van der Waals surface area contributed by atoms with Gasteiger partial charge in [-0.25, -0.2) is 4.79 Å². The van der Waals surface area contributed by atoms with Crippen LogP contribution in [-0.2, 0) is 14.3 Å². The first-order valence-corrected chi connectivity index (χ1v) is 7.86. The Hall–Kier alpha value is -1.13. The fourth-order valence-electron chi connectivity index (χ4n) is 5.08. The predicted octanol–water partition coefficient (Wildman–Crippen LogP) is 1.98. The number of esters is 1. The molecular weight excluding hydrogens is 268 g/mol. The van der Waals surface area contributed by atoms with E-state index in [-0.39, 0.29) is 35.9 Å². The molecule has 2 aliphatic carbocycles. The smallest absolute Gasteiger partial charge is 0.339 e. The Bertz CT molecular complexity index is 531. The third-order valence-corrected chi connectivity index (χ3v) is 5.93. The van der Waals surface area contributed by atoms with Crippen LogP contribution < -0.4 is 0 Å². The van der Waals surface area contributed by atoms with Crippen molar-refractivity contribution in [1.29, 1.82) is 0 Å². The van der Waals surface area contributed by atoms with Gasteiger partial charge in [0, 0.05) is 12.3 Å². The number of ether oxygens (including phenoxy) is 2. The molecule has 4 fully saturated rings. The molecule has 7 atom stereocenters. The molecule has 1 spiro atoms. The van der Waals surface area contributed by atoms with E-state index in [0.29, 0.717) is 12.8 Å². The molecule has 2 heterocycles. The van der Waals surface area contributed by atoms with Crippen molar-refractivity contribution in [1.82, 2.24) is 0 Å². The van der Waals surface area contributed by atoms with E-state index in [1.165, 1.54) is 0 Å². The molecular formula is C17H22O4. The van der Waals surface area contributed by atoms with Crippen LogP contribution in [0.5, 0.6) is 0 Å². The van der Waals surface area contributed by atoms with Crippen molar-refractivity contribution in [3.8, 4) is 0 Å². The van der Waals surface area contributed by atoms with Gasteiger partial charge in [-0.3, -0.25) is 0 Å². The number of aliphatic hydroxyl groups is 1. The predicted molar refractivity (Wildman–Crippen MR) is 76.4 cm³/mol. The molecule has 2 aliphatic heterocycles. The molecule has 0 aromatic carbocycles. The van der Waals surface area contributed by atoms with Crippen LogP contribution in [0.4, 0.5) is 0 Å². The van der Waals surface area contributed by atoms with Crippen molar-refractivity contribution in [3.05, 3.63) is 24.3 Å². The molecule has 0 radical (unpaired) electrons. The fraction of sp³-hybridized carbons (Fsp3) is 0.706. The number of aliphatic hydroxyl groups excluding tert-OH is 1. The molecule has 21 heavy (non-hydrogen) atoms. The molecule has 4 rings (SSSR count). The summed E-state index contributed by atoms with van der Waals surface area (Å²) in [5.74, 6) is -0.200. The zero-order valence-electron chi connectivity index (χ0n) is 12.4. The van der Waals surface area contributed by atoms with Gasteiger partial charge in [0.15, 0.2) is 5.60 Å². The minimum Gasteiger partial charge on any atom is -0.459 e. The first-order valence-electron chi connectivity index (χ1n) is 7.86. The number of carbonyl (C=O) groups is 1. The Kier molecular flexibility index (Phi) is 2.71. The maximum Gasteiger partial charge on any atom is 0.339 e. The lowest BCUT2D eigenvalue weighted by Gasteiger charge is -2.46. The lowest BCUT2D eigenvalue weighted by atomic mass is 9.71. The van der Waals surface area contributed by atoms with E-state index < -0.39 is 11.7 Å². The fourth-order valence-corrected chi connectivity index (χ4v) is 5.08. The second-order valence-electron chi connectivity index (χ2n) is 7.18. The molecule has 2 saturated heterocycles. The van der Waals surface area contributed by atoms with Crippen LogP contribution in [0.25, 0.3) is 0 Å². The van der Waals surface area contributed by atoms with E-state index in [4.69, 9.17) is 9.47 Å². The SMILES string of the molecule is C=C1CC[C@H]2C(=C)C[C@H](O)[C@@H]3[C@H](OC(=O)[C@]34C[C@@H](C)O4)[C@@H]12. The average molecular weight is 290 g/mol. The molecule has 0 bridgehead atoms. The van der Waals surface area contributed by atoms with E-state index in [0.717, 1.165) is 24.0 Å². The maximum atomic E-state index is 12.4. The number of rotatable bonds is 0. The molecule has 4 heteroatoms. The first-order chi connectivity index (χ1) is 9.94.